The first-order valence-electron chi connectivity index (χ1n) is 6.49. The molecular weight excluding hydrogens is 319 g/mol. The van der Waals surface area contributed by atoms with Crippen LogP contribution in [-0.4, -0.2) is 11.9 Å². The van der Waals surface area contributed by atoms with E-state index in [0.29, 0.717) is 13.1 Å². The molecule has 2 rings (SSSR count). The van der Waals surface area contributed by atoms with Crippen LogP contribution in [0.4, 0.5) is 4.39 Å². The molecule has 0 aliphatic heterocycles. The van der Waals surface area contributed by atoms with Crippen molar-refractivity contribution in [3.63, 3.8) is 0 Å². The minimum absolute atomic E-state index is 0.190. The molecule has 106 valence electrons. The zero-order chi connectivity index (χ0) is 14.5. The lowest BCUT2D eigenvalue weighted by molar-refractivity contribution is 0.318. The Morgan fingerprint density at radius 1 is 1.10 bits per heavy atom. The molecule has 0 spiro atoms. The van der Waals surface area contributed by atoms with Crippen molar-refractivity contribution >= 4 is 15.9 Å². The van der Waals surface area contributed by atoms with E-state index >= 15 is 0 Å². The fraction of sp³-hybridized carbons (Fsp3) is 0.250. The molecule has 0 unspecified atom stereocenters. The van der Waals surface area contributed by atoms with E-state index in [1.54, 1.807) is 12.1 Å². The first-order valence-corrected chi connectivity index (χ1v) is 7.28. The maximum Gasteiger partial charge on any atom is 0.123 e. The Hall–Kier alpha value is -1.23. The fourth-order valence-electron chi connectivity index (χ4n) is 2.14. The molecule has 0 amide bonds. The smallest absolute Gasteiger partial charge is 0.123 e. The van der Waals surface area contributed by atoms with Crippen LogP contribution in [-0.2, 0) is 19.6 Å². The highest BCUT2D eigenvalue weighted by molar-refractivity contribution is 9.10. The highest BCUT2D eigenvalue weighted by atomic mass is 79.9. The molecule has 0 saturated heterocycles. The van der Waals surface area contributed by atoms with E-state index in [9.17, 15) is 4.39 Å². The zero-order valence-electron chi connectivity index (χ0n) is 11.4. The molecule has 20 heavy (non-hydrogen) atoms. The van der Waals surface area contributed by atoms with Crippen LogP contribution in [0.3, 0.4) is 0 Å². The molecule has 0 radical (unpaired) electrons. The Morgan fingerprint density at radius 3 is 2.55 bits per heavy atom. The van der Waals surface area contributed by atoms with Crippen LogP contribution in [0.5, 0.6) is 0 Å². The molecule has 2 nitrogen and oxygen atoms in total. The van der Waals surface area contributed by atoms with Gasteiger partial charge in [0.25, 0.3) is 0 Å². The second-order valence-corrected chi connectivity index (χ2v) is 5.79. The lowest BCUT2D eigenvalue weighted by atomic mass is 10.1. The quantitative estimate of drug-likeness (QED) is 0.902. The number of nitrogens with two attached hydrogens (primary N) is 1. The summed E-state index contributed by atoms with van der Waals surface area (Å²) in [6.45, 7) is 2.04. The van der Waals surface area contributed by atoms with Gasteiger partial charge in [-0.25, -0.2) is 4.39 Å². The lowest BCUT2D eigenvalue weighted by Crippen LogP contribution is -2.17. The summed E-state index contributed by atoms with van der Waals surface area (Å²) in [5, 5.41) is 0. The summed E-state index contributed by atoms with van der Waals surface area (Å²) in [6, 6.07) is 12.9. The SMILES string of the molecule is CN(Cc1cccc(F)c1)Cc1ccc(CN)cc1Br. The minimum Gasteiger partial charge on any atom is -0.326 e. The number of rotatable bonds is 5. The van der Waals surface area contributed by atoms with Crippen molar-refractivity contribution in [2.75, 3.05) is 7.05 Å². The topological polar surface area (TPSA) is 29.3 Å². The van der Waals surface area contributed by atoms with Gasteiger partial charge in [-0.15, -0.1) is 0 Å². The van der Waals surface area contributed by atoms with E-state index in [2.05, 4.69) is 26.9 Å². The minimum atomic E-state index is -0.190. The van der Waals surface area contributed by atoms with Crippen LogP contribution in [0.2, 0.25) is 0 Å². The van der Waals surface area contributed by atoms with Crippen LogP contribution in [0.25, 0.3) is 0 Å². The average Bonchev–Trinajstić information content (AvgIpc) is 2.41. The summed E-state index contributed by atoms with van der Waals surface area (Å²) in [5.41, 5.74) is 8.89. The van der Waals surface area contributed by atoms with E-state index in [0.717, 1.165) is 22.1 Å². The molecule has 2 aromatic rings. The molecule has 4 heteroatoms. The first-order chi connectivity index (χ1) is 9.58. The molecular formula is C16H18BrFN2. The molecule has 0 bridgehead atoms. The van der Waals surface area contributed by atoms with Crippen LogP contribution in [0, 0.1) is 5.82 Å². The number of nitrogens with zero attached hydrogens (tertiary/aromatic N) is 1. The van der Waals surface area contributed by atoms with Crippen LogP contribution in [0.15, 0.2) is 46.9 Å². The summed E-state index contributed by atoms with van der Waals surface area (Å²) >= 11 is 3.57. The van der Waals surface area contributed by atoms with Gasteiger partial charge in [-0.2, -0.15) is 0 Å². The van der Waals surface area contributed by atoms with E-state index in [1.807, 2.05) is 25.2 Å². The lowest BCUT2D eigenvalue weighted by Gasteiger charge is -2.18. The van der Waals surface area contributed by atoms with Crippen molar-refractivity contribution in [1.82, 2.24) is 4.90 Å². The van der Waals surface area contributed by atoms with E-state index in [-0.39, 0.29) is 5.82 Å². The summed E-state index contributed by atoms with van der Waals surface area (Å²) in [5.74, 6) is -0.190. The van der Waals surface area contributed by atoms with Gasteiger partial charge < -0.3 is 5.73 Å². The summed E-state index contributed by atoms with van der Waals surface area (Å²) < 4.78 is 14.2. The zero-order valence-corrected chi connectivity index (χ0v) is 13.0. The Labute approximate surface area is 127 Å². The van der Waals surface area contributed by atoms with Gasteiger partial charge in [0.05, 0.1) is 0 Å². The highest BCUT2D eigenvalue weighted by Crippen LogP contribution is 2.20. The molecule has 2 N–H and O–H groups in total. The molecule has 0 aliphatic carbocycles. The second-order valence-electron chi connectivity index (χ2n) is 4.93. The summed E-state index contributed by atoms with van der Waals surface area (Å²) in [7, 11) is 2.02. The van der Waals surface area contributed by atoms with Crippen molar-refractivity contribution in [3.05, 3.63) is 69.4 Å². The van der Waals surface area contributed by atoms with Gasteiger partial charge >= 0.3 is 0 Å². The largest absolute Gasteiger partial charge is 0.326 e. The van der Waals surface area contributed by atoms with Crippen LogP contribution < -0.4 is 5.73 Å². The monoisotopic (exact) mass is 336 g/mol. The van der Waals surface area contributed by atoms with Gasteiger partial charge in [-0.1, -0.05) is 40.2 Å². The second kappa shape index (κ2) is 6.97. The molecule has 0 aliphatic rings. The standard InChI is InChI=1S/C16H18BrFN2/c1-20(10-13-3-2-4-15(18)7-13)11-14-6-5-12(9-19)8-16(14)17/h2-8H,9-11,19H2,1H3. The van der Waals surface area contributed by atoms with Gasteiger partial charge in [-0.3, -0.25) is 4.90 Å². The predicted octanol–water partition coefficient (Wildman–Crippen LogP) is 3.68. The maximum absolute atomic E-state index is 13.2. The molecule has 0 aromatic heterocycles. The summed E-state index contributed by atoms with van der Waals surface area (Å²) in [6.07, 6.45) is 0. The van der Waals surface area contributed by atoms with Crippen molar-refractivity contribution in [1.29, 1.82) is 0 Å². The van der Waals surface area contributed by atoms with Gasteiger partial charge in [0.1, 0.15) is 5.82 Å². The molecule has 0 atom stereocenters. The number of halogens is 2. The van der Waals surface area contributed by atoms with Crippen LogP contribution >= 0.6 is 15.9 Å². The van der Waals surface area contributed by atoms with E-state index in [4.69, 9.17) is 5.73 Å². The van der Waals surface area contributed by atoms with Crippen LogP contribution in [0.1, 0.15) is 16.7 Å². The van der Waals surface area contributed by atoms with Crippen molar-refractivity contribution in [2.24, 2.45) is 5.73 Å². The predicted molar refractivity (Wildman–Crippen MR) is 83.6 cm³/mol. The number of benzene rings is 2. The molecule has 0 saturated carbocycles. The van der Waals surface area contributed by atoms with Gasteiger partial charge in [0, 0.05) is 24.1 Å². The average molecular weight is 337 g/mol. The number of hydrogen-bond donors (Lipinski definition) is 1. The van der Waals surface area contributed by atoms with Crippen molar-refractivity contribution in [3.8, 4) is 0 Å². The summed E-state index contributed by atoms with van der Waals surface area (Å²) in [4.78, 5) is 2.15. The number of hydrogen-bond acceptors (Lipinski definition) is 2. The Bertz CT molecular complexity index is 586. The normalized spacial score (nSPS) is 11.1. The Balaban J connectivity index is 2.02. The molecule has 0 heterocycles. The Morgan fingerprint density at radius 2 is 1.90 bits per heavy atom. The third-order valence-corrected chi connectivity index (χ3v) is 3.87. The van der Waals surface area contributed by atoms with Gasteiger partial charge in [-0.05, 0) is 41.9 Å². The Kier molecular flexibility index (Phi) is 5.29. The maximum atomic E-state index is 13.2. The van der Waals surface area contributed by atoms with Crippen molar-refractivity contribution in [2.45, 2.75) is 19.6 Å². The van der Waals surface area contributed by atoms with E-state index in [1.165, 1.54) is 11.6 Å². The van der Waals surface area contributed by atoms with Gasteiger partial charge in [0.15, 0.2) is 0 Å². The first kappa shape index (κ1) is 15.2. The van der Waals surface area contributed by atoms with E-state index < -0.39 is 0 Å². The van der Waals surface area contributed by atoms with Gasteiger partial charge in [0.2, 0.25) is 0 Å². The third kappa shape index (κ3) is 4.13. The fourth-order valence-corrected chi connectivity index (χ4v) is 2.69. The van der Waals surface area contributed by atoms with Crippen molar-refractivity contribution < 1.29 is 4.39 Å². The molecule has 2 aromatic carbocycles. The third-order valence-electron chi connectivity index (χ3n) is 3.13. The molecule has 0 fully saturated rings. The highest BCUT2D eigenvalue weighted by Gasteiger charge is 2.06.